The fourth-order valence-corrected chi connectivity index (χ4v) is 4.27. The molecule has 0 saturated carbocycles. The number of nitrogens with one attached hydrogen (secondary N) is 1. The maximum Gasteiger partial charge on any atom is 0.250 e. The number of rotatable bonds is 6. The van der Waals surface area contributed by atoms with Gasteiger partial charge in [0.25, 0.3) is 0 Å². The van der Waals surface area contributed by atoms with Crippen LogP contribution in [-0.2, 0) is 10.0 Å². The third-order valence-corrected chi connectivity index (χ3v) is 5.96. The Morgan fingerprint density at radius 1 is 1.24 bits per heavy atom. The average molecular weight is 350 g/mol. The molecule has 1 heterocycles. The Morgan fingerprint density at radius 3 is 2.48 bits per heavy atom. The second-order valence-electron chi connectivity index (χ2n) is 4.31. The summed E-state index contributed by atoms with van der Waals surface area (Å²) in [6, 6.07) is 8.35. The highest BCUT2D eigenvalue weighted by Gasteiger charge is 2.17. The van der Waals surface area contributed by atoms with Crippen LogP contribution in [-0.4, -0.2) is 20.1 Å². The number of aliphatic hydroxyl groups excluding tert-OH is 1. The van der Waals surface area contributed by atoms with E-state index < -0.39 is 16.1 Å². The lowest BCUT2D eigenvalue weighted by molar-refractivity contribution is 0.169. The highest BCUT2D eigenvalue weighted by Crippen LogP contribution is 2.25. The van der Waals surface area contributed by atoms with Crippen LogP contribution in [0.15, 0.2) is 40.6 Å². The van der Waals surface area contributed by atoms with Crippen molar-refractivity contribution >= 4 is 33.0 Å². The molecule has 0 fully saturated rings. The van der Waals surface area contributed by atoms with Crippen molar-refractivity contribution < 1.29 is 17.9 Å². The molecule has 0 aliphatic carbocycles. The SMILES string of the molecule is O=S(=O)(NCCC(O)c1ccc(F)cc1)c1ccc(Cl)s1. The van der Waals surface area contributed by atoms with Gasteiger partial charge in [0.2, 0.25) is 10.0 Å². The maximum absolute atomic E-state index is 12.8. The Bertz CT molecular complexity index is 700. The minimum Gasteiger partial charge on any atom is -0.388 e. The van der Waals surface area contributed by atoms with E-state index in [2.05, 4.69) is 4.72 Å². The summed E-state index contributed by atoms with van der Waals surface area (Å²) in [5, 5.41) is 9.91. The van der Waals surface area contributed by atoms with E-state index >= 15 is 0 Å². The Labute approximate surface area is 131 Å². The minimum absolute atomic E-state index is 0.0659. The van der Waals surface area contributed by atoms with Gasteiger partial charge in [-0.25, -0.2) is 17.5 Å². The van der Waals surface area contributed by atoms with Crippen molar-refractivity contribution in [2.75, 3.05) is 6.54 Å². The minimum atomic E-state index is -3.61. The summed E-state index contributed by atoms with van der Waals surface area (Å²) >= 11 is 6.66. The molecular formula is C13H13ClFNO3S2. The van der Waals surface area contributed by atoms with Crippen molar-refractivity contribution in [1.29, 1.82) is 0 Å². The molecule has 0 amide bonds. The van der Waals surface area contributed by atoms with Crippen LogP contribution >= 0.6 is 22.9 Å². The Balaban J connectivity index is 1.90. The zero-order valence-corrected chi connectivity index (χ0v) is 13.2. The summed E-state index contributed by atoms with van der Waals surface area (Å²) in [5.41, 5.74) is 0.537. The van der Waals surface area contributed by atoms with Crippen LogP contribution in [0.25, 0.3) is 0 Å². The van der Waals surface area contributed by atoms with Crippen LogP contribution in [0, 0.1) is 5.82 Å². The number of aliphatic hydroxyl groups is 1. The number of hydrogen-bond acceptors (Lipinski definition) is 4. The molecule has 21 heavy (non-hydrogen) atoms. The van der Waals surface area contributed by atoms with Crippen molar-refractivity contribution in [2.45, 2.75) is 16.7 Å². The molecule has 4 nitrogen and oxygen atoms in total. The normalized spacial score (nSPS) is 13.3. The lowest BCUT2D eigenvalue weighted by atomic mass is 10.1. The van der Waals surface area contributed by atoms with Crippen LogP contribution in [0.1, 0.15) is 18.1 Å². The molecule has 0 aliphatic heterocycles. The van der Waals surface area contributed by atoms with Crippen molar-refractivity contribution in [1.82, 2.24) is 4.72 Å². The van der Waals surface area contributed by atoms with Gasteiger partial charge in [-0.05, 0) is 36.2 Å². The molecule has 2 rings (SSSR count). The van der Waals surface area contributed by atoms with E-state index in [0.717, 1.165) is 11.3 Å². The summed E-state index contributed by atoms with van der Waals surface area (Å²) in [6.07, 6.45) is -0.676. The maximum atomic E-state index is 12.8. The van der Waals surface area contributed by atoms with Crippen molar-refractivity contribution in [2.24, 2.45) is 0 Å². The summed E-state index contributed by atoms with van der Waals surface area (Å²) in [4.78, 5) is 0. The molecule has 1 unspecified atom stereocenters. The summed E-state index contributed by atoms with van der Waals surface area (Å²) < 4.78 is 39.5. The first-order valence-electron chi connectivity index (χ1n) is 6.07. The average Bonchev–Trinajstić information content (AvgIpc) is 2.87. The molecule has 0 bridgehead atoms. The van der Waals surface area contributed by atoms with Crippen molar-refractivity contribution in [3.05, 3.63) is 52.1 Å². The summed E-state index contributed by atoms with van der Waals surface area (Å²) in [6.45, 7) is 0.0659. The standard InChI is InChI=1S/C13H13ClFNO3S2/c14-12-5-6-13(20-12)21(18,19)16-8-7-11(17)9-1-3-10(15)4-2-9/h1-6,11,16-17H,7-8H2. The molecule has 0 saturated heterocycles. The third kappa shape index (κ3) is 4.49. The topological polar surface area (TPSA) is 66.4 Å². The lowest BCUT2D eigenvalue weighted by Crippen LogP contribution is -2.25. The van der Waals surface area contributed by atoms with Gasteiger partial charge in [0.1, 0.15) is 10.0 Å². The fraction of sp³-hybridized carbons (Fsp3) is 0.231. The molecule has 1 atom stereocenters. The molecule has 1 aromatic heterocycles. The summed E-state index contributed by atoms with van der Waals surface area (Å²) in [5.74, 6) is -0.388. The van der Waals surface area contributed by atoms with E-state index in [-0.39, 0.29) is 23.0 Å². The molecular weight excluding hydrogens is 337 g/mol. The molecule has 1 aromatic carbocycles. The number of thiophene rings is 1. The van der Waals surface area contributed by atoms with Crippen LogP contribution < -0.4 is 4.72 Å². The van der Waals surface area contributed by atoms with Gasteiger partial charge in [-0.3, -0.25) is 0 Å². The van der Waals surface area contributed by atoms with Crippen LogP contribution in [0.2, 0.25) is 4.34 Å². The fourth-order valence-electron chi connectivity index (χ4n) is 1.69. The van der Waals surface area contributed by atoms with Gasteiger partial charge in [0, 0.05) is 6.54 Å². The van der Waals surface area contributed by atoms with E-state index in [9.17, 15) is 17.9 Å². The highest BCUT2D eigenvalue weighted by molar-refractivity contribution is 7.91. The highest BCUT2D eigenvalue weighted by atomic mass is 35.5. The lowest BCUT2D eigenvalue weighted by Gasteiger charge is -2.11. The Kier molecular flexibility index (Phi) is 5.34. The first-order valence-corrected chi connectivity index (χ1v) is 8.75. The van der Waals surface area contributed by atoms with Gasteiger partial charge in [0.05, 0.1) is 10.4 Å². The van der Waals surface area contributed by atoms with Gasteiger partial charge < -0.3 is 5.11 Å². The van der Waals surface area contributed by atoms with E-state index in [0.29, 0.717) is 9.90 Å². The molecule has 0 radical (unpaired) electrons. The molecule has 2 aromatic rings. The number of hydrogen-bond donors (Lipinski definition) is 2. The quantitative estimate of drug-likeness (QED) is 0.842. The van der Waals surface area contributed by atoms with Crippen molar-refractivity contribution in [3.8, 4) is 0 Å². The largest absolute Gasteiger partial charge is 0.388 e. The first kappa shape index (κ1) is 16.4. The van der Waals surface area contributed by atoms with Gasteiger partial charge in [-0.15, -0.1) is 11.3 Å². The smallest absolute Gasteiger partial charge is 0.250 e. The number of sulfonamides is 1. The zero-order chi connectivity index (χ0) is 15.5. The van der Waals surface area contributed by atoms with Crippen LogP contribution in [0.3, 0.4) is 0 Å². The van der Waals surface area contributed by atoms with E-state index in [1.165, 1.54) is 36.4 Å². The second kappa shape index (κ2) is 6.85. The third-order valence-electron chi connectivity index (χ3n) is 2.78. The molecule has 8 heteroatoms. The van der Waals surface area contributed by atoms with E-state index in [1.54, 1.807) is 0 Å². The monoisotopic (exact) mass is 349 g/mol. The van der Waals surface area contributed by atoms with E-state index in [4.69, 9.17) is 11.6 Å². The zero-order valence-electron chi connectivity index (χ0n) is 10.8. The van der Waals surface area contributed by atoms with Gasteiger partial charge in [-0.1, -0.05) is 23.7 Å². The Morgan fingerprint density at radius 2 is 1.90 bits per heavy atom. The van der Waals surface area contributed by atoms with Gasteiger partial charge in [0.15, 0.2) is 0 Å². The molecule has 114 valence electrons. The van der Waals surface area contributed by atoms with Gasteiger partial charge in [-0.2, -0.15) is 0 Å². The number of halogens is 2. The van der Waals surface area contributed by atoms with Crippen LogP contribution in [0.5, 0.6) is 0 Å². The van der Waals surface area contributed by atoms with Crippen molar-refractivity contribution in [3.63, 3.8) is 0 Å². The predicted molar refractivity (Wildman–Crippen MR) is 80.5 cm³/mol. The number of benzene rings is 1. The van der Waals surface area contributed by atoms with E-state index in [1.807, 2.05) is 0 Å². The van der Waals surface area contributed by atoms with Gasteiger partial charge >= 0.3 is 0 Å². The summed E-state index contributed by atoms with van der Waals surface area (Å²) in [7, 11) is -3.61. The molecule has 0 aliphatic rings. The molecule has 0 spiro atoms. The molecule has 2 N–H and O–H groups in total. The predicted octanol–water partition coefficient (Wildman–Crippen LogP) is 2.94. The van der Waals surface area contributed by atoms with Crippen LogP contribution in [0.4, 0.5) is 4.39 Å². The first-order chi connectivity index (χ1) is 9.88. The second-order valence-corrected chi connectivity index (χ2v) is 8.02. The Hall–Kier alpha value is -0.990.